The van der Waals surface area contributed by atoms with E-state index in [9.17, 15) is 14.0 Å². The first-order chi connectivity index (χ1) is 11.0. The molecule has 122 valence electrons. The average Bonchev–Trinajstić information content (AvgIpc) is 2.98. The minimum atomic E-state index is -0.829. The average molecular weight is 320 g/mol. The van der Waals surface area contributed by atoms with Crippen molar-refractivity contribution in [3.05, 3.63) is 41.8 Å². The van der Waals surface area contributed by atoms with Crippen LogP contribution in [0, 0.1) is 5.82 Å². The van der Waals surface area contributed by atoms with E-state index < -0.39 is 17.6 Å². The van der Waals surface area contributed by atoms with E-state index in [0.717, 1.165) is 0 Å². The number of rotatable bonds is 5. The number of halogens is 1. The number of hydrogen-bond acceptors (Lipinski definition) is 5. The van der Waals surface area contributed by atoms with Crippen molar-refractivity contribution in [1.29, 1.82) is 0 Å². The number of hydrogen-bond donors (Lipinski definition) is 2. The largest absolute Gasteiger partial charge is 0.347 e. The maximum absolute atomic E-state index is 12.8. The summed E-state index contributed by atoms with van der Waals surface area (Å²) in [5.41, 5.74) is 0.338. The van der Waals surface area contributed by atoms with Crippen molar-refractivity contribution in [3.8, 4) is 0 Å². The number of anilines is 1. The molecule has 0 atom stereocenters. The van der Waals surface area contributed by atoms with E-state index in [4.69, 9.17) is 4.52 Å². The minimum absolute atomic E-state index is 0.156. The third-order valence-corrected chi connectivity index (χ3v) is 2.93. The molecular weight excluding hydrogens is 303 g/mol. The highest BCUT2D eigenvalue weighted by atomic mass is 19.1. The molecule has 8 heteroatoms. The monoisotopic (exact) mass is 320 g/mol. The van der Waals surface area contributed by atoms with Gasteiger partial charge in [-0.15, -0.1) is 0 Å². The van der Waals surface area contributed by atoms with Gasteiger partial charge in [-0.1, -0.05) is 19.0 Å². The molecule has 0 spiro atoms. The van der Waals surface area contributed by atoms with Crippen LogP contribution < -0.4 is 10.6 Å². The molecule has 0 bridgehead atoms. The lowest BCUT2D eigenvalue weighted by molar-refractivity contribution is -0.136. The first kappa shape index (κ1) is 16.6. The molecule has 0 saturated carbocycles. The van der Waals surface area contributed by atoms with Gasteiger partial charge >= 0.3 is 11.8 Å². The van der Waals surface area contributed by atoms with Crippen molar-refractivity contribution in [2.45, 2.75) is 26.2 Å². The summed E-state index contributed by atoms with van der Waals surface area (Å²) in [6.45, 7) is 4.07. The van der Waals surface area contributed by atoms with Crippen LogP contribution in [0.3, 0.4) is 0 Å². The zero-order valence-electron chi connectivity index (χ0n) is 12.8. The smallest absolute Gasteiger partial charge is 0.313 e. The van der Waals surface area contributed by atoms with Crippen LogP contribution in [0.2, 0.25) is 0 Å². The highest BCUT2D eigenvalue weighted by Gasteiger charge is 2.14. The number of nitrogens with zero attached hydrogens (tertiary/aromatic N) is 2. The van der Waals surface area contributed by atoms with E-state index in [0.29, 0.717) is 23.8 Å². The summed E-state index contributed by atoms with van der Waals surface area (Å²) in [5.74, 6) is -0.896. The SMILES string of the molecule is CC(C)c1noc(CCNC(=O)C(=O)Nc2ccc(F)cc2)n1. The van der Waals surface area contributed by atoms with Gasteiger partial charge in [0.15, 0.2) is 5.82 Å². The molecule has 7 nitrogen and oxygen atoms in total. The Morgan fingerprint density at radius 1 is 1.22 bits per heavy atom. The van der Waals surface area contributed by atoms with Crippen LogP contribution in [0.15, 0.2) is 28.8 Å². The van der Waals surface area contributed by atoms with Crippen LogP contribution in [0.25, 0.3) is 0 Å². The van der Waals surface area contributed by atoms with Crippen LogP contribution in [0.1, 0.15) is 31.5 Å². The minimum Gasteiger partial charge on any atom is -0.347 e. The summed E-state index contributed by atoms with van der Waals surface area (Å²) in [4.78, 5) is 27.5. The molecule has 0 aliphatic rings. The van der Waals surface area contributed by atoms with Gasteiger partial charge in [0.1, 0.15) is 5.82 Å². The third-order valence-electron chi connectivity index (χ3n) is 2.93. The van der Waals surface area contributed by atoms with Gasteiger partial charge in [0.25, 0.3) is 0 Å². The first-order valence-corrected chi connectivity index (χ1v) is 7.13. The highest BCUT2D eigenvalue weighted by molar-refractivity contribution is 6.39. The number of carbonyl (C=O) groups is 2. The van der Waals surface area contributed by atoms with Gasteiger partial charge in [-0.25, -0.2) is 4.39 Å². The van der Waals surface area contributed by atoms with Crippen LogP contribution in [-0.4, -0.2) is 28.5 Å². The Bertz CT molecular complexity index is 682. The van der Waals surface area contributed by atoms with E-state index in [1.807, 2.05) is 13.8 Å². The van der Waals surface area contributed by atoms with Crippen molar-refractivity contribution >= 4 is 17.5 Å². The Labute approximate surface area is 132 Å². The van der Waals surface area contributed by atoms with Gasteiger partial charge in [0.05, 0.1) is 0 Å². The quantitative estimate of drug-likeness (QED) is 0.816. The van der Waals surface area contributed by atoms with E-state index in [1.165, 1.54) is 24.3 Å². The van der Waals surface area contributed by atoms with Gasteiger partial charge in [0.2, 0.25) is 5.89 Å². The molecule has 1 aromatic carbocycles. The predicted molar refractivity (Wildman–Crippen MR) is 80.1 cm³/mol. The van der Waals surface area contributed by atoms with Crippen molar-refractivity contribution in [2.24, 2.45) is 0 Å². The first-order valence-electron chi connectivity index (χ1n) is 7.13. The van der Waals surface area contributed by atoms with Crippen molar-refractivity contribution in [3.63, 3.8) is 0 Å². The Morgan fingerprint density at radius 3 is 2.52 bits per heavy atom. The lowest BCUT2D eigenvalue weighted by atomic mass is 10.2. The fourth-order valence-corrected chi connectivity index (χ4v) is 1.69. The maximum Gasteiger partial charge on any atom is 0.313 e. The number of aromatic nitrogens is 2. The number of nitrogens with one attached hydrogen (secondary N) is 2. The second-order valence-electron chi connectivity index (χ2n) is 5.17. The zero-order valence-corrected chi connectivity index (χ0v) is 12.8. The second-order valence-corrected chi connectivity index (χ2v) is 5.17. The van der Waals surface area contributed by atoms with Crippen LogP contribution >= 0.6 is 0 Å². The maximum atomic E-state index is 12.8. The molecule has 1 aromatic heterocycles. The molecule has 2 rings (SSSR count). The second kappa shape index (κ2) is 7.48. The molecule has 0 saturated heterocycles. The van der Waals surface area contributed by atoms with Gasteiger partial charge in [-0.2, -0.15) is 4.98 Å². The summed E-state index contributed by atoms with van der Waals surface area (Å²) in [7, 11) is 0. The predicted octanol–water partition coefficient (Wildman–Crippen LogP) is 1.63. The zero-order chi connectivity index (χ0) is 16.8. The lowest BCUT2D eigenvalue weighted by Crippen LogP contribution is -2.36. The van der Waals surface area contributed by atoms with Gasteiger partial charge in [-0.05, 0) is 24.3 Å². The van der Waals surface area contributed by atoms with E-state index in [2.05, 4.69) is 20.8 Å². The molecule has 2 N–H and O–H groups in total. The standard InChI is InChI=1S/C15H17FN4O3/c1-9(2)13-19-12(23-20-13)7-8-17-14(21)15(22)18-11-5-3-10(16)4-6-11/h3-6,9H,7-8H2,1-2H3,(H,17,21)(H,18,22). The Balaban J connectivity index is 1.77. The van der Waals surface area contributed by atoms with E-state index in [-0.39, 0.29) is 12.5 Å². The third kappa shape index (κ3) is 4.87. The Kier molecular flexibility index (Phi) is 5.40. The summed E-state index contributed by atoms with van der Waals surface area (Å²) in [5, 5.41) is 8.62. The van der Waals surface area contributed by atoms with E-state index in [1.54, 1.807) is 0 Å². The fraction of sp³-hybridized carbons (Fsp3) is 0.333. The fourth-order valence-electron chi connectivity index (χ4n) is 1.69. The molecular formula is C15H17FN4O3. The topological polar surface area (TPSA) is 97.1 Å². The van der Waals surface area contributed by atoms with Gasteiger partial charge in [0, 0.05) is 24.6 Å². The summed E-state index contributed by atoms with van der Waals surface area (Å²) in [6, 6.07) is 5.11. The molecule has 0 fully saturated rings. The number of amides is 2. The van der Waals surface area contributed by atoms with E-state index >= 15 is 0 Å². The van der Waals surface area contributed by atoms with Crippen molar-refractivity contribution < 1.29 is 18.5 Å². The van der Waals surface area contributed by atoms with Crippen LogP contribution in [0.4, 0.5) is 10.1 Å². The van der Waals surface area contributed by atoms with Crippen LogP contribution in [-0.2, 0) is 16.0 Å². The normalized spacial score (nSPS) is 10.6. The molecule has 1 heterocycles. The molecule has 0 radical (unpaired) electrons. The van der Waals surface area contributed by atoms with Crippen molar-refractivity contribution in [2.75, 3.05) is 11.9 Å². The Morgan fingerprint density at radius 2 is 1.91 bits per heavy atom. The Hall–Kier alpha value is -2.77. The molecule has 2 amide bonds. The lowest BCUT2D eigenvalue weighted by Gasteiger charge is -2.05. The molecule has 0 unspecified atom stereocenters. The summed E-state index contributed by atoms with van der Waals surface area (Å²) in [6.07, 6.45) is 0.329. The summed E-state index contributed by atoms with van der Waals surface area (Å²) >= 11 is 0. The highest BCUT2D eigenvalue weighted by Crippen LogP contribution is 2.10. The number of carbonyl (C=O) groups excluding carboxylic acids is 2. The number of benzene rings is 1. The van der Waals surface area contributed by atoms with Crippen molar-refractivity contribution in [1.82, 2.24) is 15.5 Å². The molecule has 23 heavy (non-hydrogen) atoms. The molecule has 0 aliphatic heterocycles. The molecule has 0 aliphatic carbocycles. The van der Waals surface area contributed by atoms with Gasteiger partial charge in [-0.3, -0.25) is 9.59 Å². The van der Waals surface area contributed by atoms with Crippen LogP contribution in [0.5, 0.6) is 0 Å². The summed E-state index contributed by atoms with van der Waals surface area (Å²) < 4.78 is 17.8. The molecule has 2 aromatic rings. The van der Waals surface area contributed by atoms with Gasteiger partial charge < -0.3 is 15.2 Å².